The second-order valence-corrected chi connectivity index (χ2v) is 6.43. The molecule has 7 heteroatoms. The van der Waals surface area contributed by atoms with Crippen molar-refractivity contribution in [2.75, 3.05) is 13.2 Å². The van der Waals surface area contributed by atoms with Crippen molar-refractivity contribution in [3.63, 3.8) is 0 Å². The zero-order valence-corrected chi connectivity index (χ0v) is 12.7. The number of rotatable bonds is 5. The van der Waals surface area contributed by atoms with Gasteiger partial charge in [0, 0.05) is 6.08 Å². The summed E-state index contributed by atoms with van der Waals surface area (Å²) in [5, 5.41) is 0. The largest absolute Gasteiger partial charge is 0.322 e. The van der Waals surface area contributed by atoms with Gasteiger partial charge in [-0.05, 0) is 12.1 Å². The van der Waals surface area contributed by atoms with Crippen LogP contribution in [-0.2, 0) is 14.3 Å². The lowest BCUT2D eigenvalue weighted by Gasteiger charge is -2.13. The van der Waals surface area contributed by atoms with Crippen molar-refractivity contribution in [3.8, 4) is 0 Å². The minimum Gasteiger partial charge on any atom is -0.272 e. The van der Waals surface area contributed by atoms with Crippen molar-refractivity contribution in [3.05, 3.63) is 70.7 Å². The molecule has 0 aromatic heterocycles. The monoisotopic (exact) mass is 330 g/mol. The third-order valence-corrected chi connectivity index (χ3v) is 4.73. The summed E-state index contributed by atoms with van der Waals surface area (Å²) < 4.78 is 28.8. The van der Waals surface area contributed by atoms with Crippen LogP contribution in [0.25, 0.3) is 0 Å². The number of hydrogen-bond donors (Lipinski definition) is 0. The molecule has 23 heavy (non-hydrogen) atoms. The molecule has 0 unspecified atom stereocenters. The zero-order chi connectivity index (χ0) is 16.4. The Morgan fingerprint density at radius 2 is 1.74 bits per heavy atom. The number of allylic oxidation sites excluding steroid dienone is 5. The molecule has 6 nitrogen and oxygen atoms in total. The standard InChI is InChI=1S/C16H12NO5S/c18-15-13-8-4-5-9-14(13)16(19)17(15)10-11-22-23(20,21)12-6-2-1-3-7-12/h2-9H,10-11H2/q+1. The maximum Gasteiger partial charge on any atom is 0.322 e. The van der Waals surface area contributed by atoms with Crippen molar-refractivity contribution in [1.82, 2.24) is 4.90 Å². The number of benzene rings is 1. The van der Waals surface area contributed by atoms with E-state index in [0.29, 0.717) is 11.1 Å². The molecule has 0 spiro atoms. The molecule has 0 bridgehead atoms. The summed E-state index contributed by atoms with van der Waals surface area (Å²) in [6.45, 7) is -0.434. The minimum absolute atomic E-state index is 0.00129. The Hall–Kier alpha value is -2.60. The number of carbonyl (C=O) groups excluding carboxylic acids is 2. The van der Waals surface area contributed by atoms with E-state index < -0.39 is 21.9 Å². The van der Waals surface area contributed by atoms with E-state index in [-0.39, 0.29) is 18.1 Å². The Balaban J connectivity index is 1.65. The molecular weight excluding hydrogens is 318 g/mol. The average Bonchev–Trinajstić information content (AvgIpc) is 2.81. The number of carbonyl (C=O) groups is 2. The molecule has 2 amide bonds. The van der Waals surface area contributed by atoms with Gasteiger partial charge in [-0.15, -0.1) is 0 Å². The van der Waals surface area contributed by atoms with Crippen LogP contribution in [0.4, 0.5) is 0 Å². The maximum absolute atomic E-state index is 12.1. The number of imide groups is 1. The molecule has 0 saturated carbocycles. The summed E-state index contributed by atoms with van der Waals surface area (Å²) in [5.74, 6) is -0.887. The van der Waals surface area contributed by atoms with Crippen LogP contribution in [0.1, 0.15) is 20.7 Å². The molecule has 0 N–H and O–H groups in total. The number of amides is 2. The summed E-state index contributed by atoms with van der Waals surface area (Å²) in [6.07, 6.45) is 8.34. The molecule has 1 aromatic rings. The fourth-order valence-corrected chi connectivity index (χ4v) is 3.19. The van der Waals surface area contributed by atoms with Crippen LogP contribution in [0, 0.1) is 6.08 Å². The van der Waals surface area contributed by atoms with Crippen LogP contribution in [0.2, 0.25) is 0 Å². The van der Waals surface area contributed by atoms with E-state index >= 15 is 0 Å². The Bertz CT molecular complexity index is 829. The highest BCUT2D eigenvalue weighted by Crippen LogP contribution is 2.22. The van der Waals surface area contributed by atoms with E-state index in [1.54, 1.807) is 24.3 Å². The van der Waals surface area contributed by atoms with Gasteiger partial charge in [-0.25, -0.2) is 0 Å². The highest BCUT2D eigenvalue weighted by atomic mass is 32.2. The first-order valence-corrected chi connectivity index (χ1v) is 8.22. The molecule has 2 aliphatic rings. The first-order valence-electron chi connectivity index (χ1n) is 6.81. The predicted molar refractivity (Wildman–Crippen MR) is 81.7 cm³/mol. The Morgan fingerprint density at radius 1 is 1.09 bits per heavy atom. The van der Waals surface area contributed by atoms with Crippen LogP contribution in [0.15, 0.2) is 53.5 Å². The van der Waals surface area contributed by atoms with Crippen LogP contribution >= 0.6 is 0 Å². The highest BCUT2D eigenvalue weighted by Gasteiger charge is 2.35. The Morgan fingerprint density at radius 3 is 2.30 bits per heavy atom. The van der Waals surface area contributed by atoms with Crippen molar-refractivity contribution in [2.45, 2.75) is 0 Å². The van der Waals surface area contributed by atoms with Gasteiger partial charge in [0.15, 0.2) is 0 Å². The zero-order valence-electron chi connectivity index (χ0n) is 11.9. The normalized spacial score (nSPS) is 16.3. The maximum atomic E-state index is 12.1. The van der Waals surface area contributed by atoms with Gasteiger partial charge < -0.3 is 0 Å². The van der Waals surface area contributed by atoms with E-state index in [9.17, 15) is 18.0 Å². The third kappa shape index (κ3) is 2.85. The summed E-state index contributed by atoms with van der Waals surface area (Å²) in [7, 11) is -3.92. The fraction of sp³-hybridized carbons (Fsp3) is 0.125. The minimum atomic E-state index is -3.92. The fourth-order valence-electron chi connectivity index (χ4n) is 2.29. The van der Waals surface area contributed by atoms with E-state index in [1.807, 2.05) is 0 Å². The highest BCUT2D eigenvalue weighted by molar-refractivity contribution is 7.90. The Labute approximate surface area is 133 Å². The molecule has 1 aliphatic carbocycles. The molecule has 116 valence electrons. The summed E-state index contributed by atoms with van der Waals surface area (Å²) >= 11 is 0. The quantitative estimate of drug-likeness (QED) is 0.464. The van der Waals surface area contributed by atoms with Gasteiger partial charge >= 0.3 is 10.1 Å². The first kappa shape index (κ1) is 15.3. The van der Waals surface area contributed by atoms with Gasteiger partial charge in [0.1, 0.15) is 12.2 Å². The molecule has 0 saturated heterocycles. The first-order chi connectivity index (χ1) is 11.0. The lowest BCUT2D eigenvalue weighted by Crippen LogP contribution is -2.33. The van der Waals surface area contributed by atoms with Gasteiger partial charge in [-0.3, -0.25) is 18.7 Å². The SMILES string of the molecule is O=C1c2ccccc2C(=O)N1CCOS(=O)(=O)C1=CC=[C+]C=C1. The third-order valence-electron chi connectivity index (χ3n) is 3.41. The van der Waals surface area contributed by atoms with E-state index in [0.717, 1.165) is 4.90 Å². The summed E-state index contributed by atoms with van der Waals surface area (Å²) in [6, 6.07) is 6.46. The second kappa shape index (κ2) is 5.89. The molecular formula is C16H12NO5S+. The van der Waals surface area contributed by atoms with Gasteiger partial charge in [-0.1, -0.05) is 12.1 Å². The average molecular weight is 330 g/mol. The molecule has 0 atom stereocenters. The van der Waals surface area contributed by atoms with Gasteiger partial charge in [-0.2, -0.15) is 8.42 Å². The number of nitrogens with zero attached hydrogens (tertiary/aromatic N) is 1. The van der Waals surface area contributed by atoms with Crippen molar-refractivity contribution < 1.29 is 22.2 Å². The molecule has 1 aliphatic heterocycles. The molecule has 0 fully saturated rings. The second-order valence-electron chi connectivity index (χ2n) is 4.82. The van der Waals surface area contributed by atoms with Crippen LogP contribution in [0.5, 0.6) is 0 Å². The Kier molecular flexibility index (Phi) is 3.92. The van der Waals surface area contributed by atoms with Crippen LogP contribution in [0.3, 0.4) is 0 Å². The smallest absolute Gasteiger partial charge is 0.272 e. The van der Waals surface area contributed by atoms with Crippen LogP contribution < -0.4 is 0 Å². The van der Waals surface area contributed by atoms with E-state index in [4.69, 9.17) is 4.18 Å². The lowest BCUT2D eigenvalue weighted by atomic mass is 10.1. The lowest BCUT2D eigenvalue weighted by molar-refractivity contribution is 0.0632. The van der Waals surface area contributed by atoms with Crippen LogP contribution in [-0.4, -0.2) is 38.3 Å². The van der Waals surface area contributed by atoms with E-state index in [2.05, 4.69) is 6.08 Å². The number of hydrogen-bond acceptors (Lipinski definition) is 5. The van der Waals surface area contributed by atoms with Gasteiger partial charge in [0.05, 0.1) is 36.4 Å². The van der Waals surface area contributed by atoms with Crippen molar-refractivity contribution in [1.29, 1.82) is 0 Å². The molecule has 3 rings (SSSR count). The summed E-state index contributed by atoms with van der Waals surface area (Å²) in [4.78, 5) is 25.2. The van der Waals surface area contributed by atoms with E-state index in [1.165, 1.54) is 24.3 Å². The van der Waals surface area contributed by atoms with Gasteiger partial charge in [0.2, 0.25) is 4.91 Å². The summed E-state index contributed by atoms with van der Waals surface area (Å²) in [5.41, 5.74) is 0.637. The molecule has 1 heterocycles. The van der Waals surface area contributed by atoms with Gasteiger partial charge in [0.25, 0.3) is 11.8 Å². The molecule has 0 radical (unpaired) electrons. The molecule has 1 aromatic carbocycles. The topological polar surface area (TPSA) is 80.8 Å². The number of fused-ring (bicyclic) bond motifs is 1. The predicted octanol–water partition coefficient (Wildman–Crippen LogP) is 1.44. The van der Waals surface area contributed by atoms with Crippen molar-refractivity contribution >= 4 is 21.9 Å². The van der Waals surface area contributed by atoms with Crippen molar-refractivity contribution in [2.24, 2.45) is 0 Å².